The van der Waals surface area contributed by atoms with E-state index in [4.69, 9.17) is 0 Å². The molecule has 4 rings (SSSR count). The average molecular weight is 1010 g/mol. The van der Waals surface area contributed by atoms with E-state index in [1.807, 2.05) is 76.2 Å². The van der Waals surface area contributed by atoms with Gasteiger partial charge in [-0.3, -0.25) is 0 Å². The molecule has 0 bridgehead atoms. The molecule has 0 unspecified atom stereocenters. The second-order valence-corrected chi connectivity index (χ2v) is 26.0. The number of aryl methyl sites for hydroxylation is 12. The van der Waals surface area contributed by atoms with Gasteiger partial charge in [0.25, 0.3) is 0 Å². The van der Waals surface area contributed by atoms with Crippen molar-refractivity contribution in [2.45, 2.75) is 142 Å². The van der Waals surface area contributed by atoms with Gasteiger partial charge in [0.2, 0.25) is 40.1 Å². The maximum Gasteiger partial charge on any atom is 0.243 e. The first-order valence-electron chi connectivity index (χ1n) is 23.6. The monoisotopic (exact) mass is 1010 g/mol. The van der Waals surface area contributed by atoms with Crippen molar-refractivity contribution in [2.75, 3.05) is 52.4 Å². The zero-order valence-corrected chi connectivity index (χ0v) is 46.2. The van der Waals surface area contributed by atoms with Crippen LogP contribution >= 0.6 is 0 Å². The molecule has 0 amide bonds. The minimum absolute atomic E-state index is 0.0302. The standard InChI is InChI=1S/C52H76N4O8S4/c1-15-53(65(57,58)49-41(7)29-37(3)30-42(49)8)23-17-19-25-55(67(61,62)51-45(11)33-39(5)34-46(51)12)27-21-22-28-56(68(63,64)52-47(13)35-40(6)36-48(52)14)26-20-18-24-54(16-2)66(59,60)50-43(9)31-38(4)32-44(50)10/h17,19,29-36H,15-16,18,20-28H2,1-14H3/b19-17-. The van der Waals surface area contributed by atoms with E-state index >= 15 is 0 Å². The van der Waals surface area contributed by atoms with Gasteiger partial charge in [-0.1, -0.05) is 96.8 Å². The molecule has 0 aromatic heterocycles. The fraction of sp³-hybridized carbons (Fsp3) is 0.500. The lowest BCUT2D eigenvalue weighted by atomic mass is 10.1. The van der Waals surface area contributed by atoms with E-state index in [-0.39, 0.29) is 67.0 Å². The molecule has 16 heteroatoms. The third-order valence-electron chi connectivity index (χ3n) is 12.4. The van der Waals surface area contributed by atoms with Gasteiger partial charge in [0, 0.05) is 52.4 Å². The summed E-state index contributed by atoms with van der Waals surface area (Å²) in [4.78, 5) is 1.03. The molecule has 4 aromatic rings. The van der Waals surface area contributed by atoms with Crippen LogP contribution in [-0.4, -0.2) is 103 Å². The van der Waals surface area contributed by atoms with Crippen molar-refractivity contribution in [1.29, 1.82) is 0 Å². The van der Waals surface area contributed by atoms with Gasteiger partial charge in [0.15, 0.2) is 0 Å². The predicted octanol–water partition coefficient (Wildman–Crippen LogP) is 9.61. The number of hydrogen-bond donors (Lipinski definition) is 0. The fourth-order valence-corrected chi connectivity index (χ4v) is 17.3. The SMILES string of the molecule is CCN(C/C=C\CN(CCCCN(CCCCN(CC)S(=O)(=O)c1c(C)cc(C)cc1C)S(=O)(=O)c1c(C)cc(C)cc1C)S(=O)(=O)c1c(C)cc(C)cc1C)S(=O)(=O)c1c(C)cc(C)cc1C. The van der Waals surface area contributed by atoms with Crippen LogP contribution in [0.25, 0.3) is 0 Å². The van der Waals surface area contributed by atoms with E-state index in [9.17, 15) is 33.7 Å². The van der Waals surface area contributed by atoms with Crippen LogP contribution in [0.5, 0.6) is 0 Å². The fourth-order valence-electron chi connectivity index (χ4n) is 9.86. The Morgan fingerprint density at radius 3 is 0.809 bits per heavy atom. The van der Waals surface area contributed by atoms with Crippen molar-refractivity contribution in [2.24, 2.45) is 0 Å². The van der Waals surface area contributed by atoms with Crippen LogP contribution in [-0.2, 0) is 40.1 Å². The van der Waals surface area contributed by atoms with E-state index in [1.54, 1.807) is 81.4 Å². The molecule has 0 N–H and O–H groups in total. The van der Waals surface area contributed by atoms with Gasteiger partial charge in [0.05, 0.1) is 19.6 Å². The summed E-state index contributed by atoms with van der Waals surface area (Å²) in [7, 11) is -15.7. The van der Waals surface area contributed by atoms with Gasteiger partial charge < -0.3 is 0 Å². The lowest BCUT2D eigenvalue weighted by Crippen LogP contribution is -2.36. The molecular formula is C52H76N4O8S4. The Balaban J connectivity index is 1.59. The minimum atomic E-state index is -4.06. The Morgan fingerprint density at radius 2 is 0.529 bits per heavy atom. The second kappa shape index (κ2) is 23.4. The molecule has 376 valence electrons. The molecule has 0 radical (unpaired) electrons. The van der Waals surface area contributed by atoms with Gasteiger partial charge in [-0.05, 0) is 153 Å². The number of benzene rings is 4. The van der Waals surface area contributed by atoms with Crippen LogP contribution in [0.4, 0.5) is 0 Å². The number of likely N-dealkylation sites (N-methyl/N-ethyl adjacent to an activating group) is 1. The van der Waals surface area contributed by atoms with Crippen molar-refractivity contribution in [3.05, 3.63) is 127 Å². The van der Waals surface area contributed by atoms with E-state index in [0.717, 1.165) is 22.3 Å². The van der Waals surface area contributed by atoms with Crippen LogP contribution in [0.3, 0.4) is 0 Å². The molecule has 4 aromatic carbocycles. The van der Waals surface area contributed by atoms with Crippen LogP contribution in [0.2, 0.25) is 0 Å². The van der Waals surface area contributed by atoms with Gasteiger partial charge in [0.1, 0.15) is 0 Å². The summed E-state index contributed by atoms with van der Waals surface area (Å²) in [5, 5.41) is 0. The van der Waals surface area contributed by atoms with Crippen LogP contribution in [0, 0.1) is 83.1 Å². The largest absolute Gasteiger partial charge is 0.243 e. The Hall–Kier alpha value is -3.74. The van der Waals surface area contributed by atoms with Crippen molar-refractivity contribution >= 4 is 40.1 Å². The van der Waals surface area contributed by atoms with Crippen molar-refractivity contribution < 1.29 is 33.7 Å². The summed E-state index contributed by atoms with van der Waals surface area (Å²) in [5.41, 5.74) is 9.03. The van der Waals surface area contributed by atoms with E-state index < -0.39 is 40.1 Å². The third-order valence-corrected chi connectivity index (χ3v) is 21.3. The lowest BCUT2D eigenvalue weighted by molar-refractivity contribution is 0.359. The molecular weight excluding hydrogens is 937 g/mol. The van der Waals surface area contributed by atoms with E-state index in [0.29, 0.717) is 75.1 Å². The molecule has 0 spiro atoms. The highest BCUT2D eigenvalue weighted by Crippen LogP contribution is 2.30. The molecule has 0 aliphatic heterocycles. The third kappa shape index (κ3) is 13.2. The smallest absolute Gasteiger partial charge is 0.207 e. The van der Waals surface area contributed by atoms with Crippen molar-refractivity contribution in [3.8, 4) is 0 Å². The minimum Gasteiger partial charge on any atom is -0.207 e. The van der Waals surface area contributed by atoms with Crippen molar-refractivity contribution in [1.82, 2.24) is 17.2 Å². The second-order valence-electron chi connectivity index (χ2n) is 18.5. The first-order valence-corrected chi connectivity index (χ1v) is 29.4. The summed E-state index contributed by atoms with van der Waals surface area (Å²) < 4.78 is 120. The van der Waals surface area contributed by atoms with Crippen LogP contribution in [0.15, 0.2) is 80.3 Å². The van der Waals surface area contributed by atoms with E-state index in [1.165, 1.54) is 17.2 Å². The molecule has 12 nitrogen and oxygen atoms in total. The van der Waals surface area contributed by atoms with E-state index in [2.05, 4.69) is 0 Å². The van der Waals surface area contributed by atoms with Crippen molar-refractivity contribution in [3.63, 3.8) is 0 Å². The quantitative estimate of drug-likeness (QED) is 0.0498. The lowest BCUT2D eigenvalue weighted by Gasteiger charge is -2.27. The van der Waals surface area contributed by atoms with Crippen LogP contribution < -0.4 is 0 Å². The number of rotatable bonds is 24. The summed E-state index contributed by atoms with van der Waals surface area (Å²) in [5.74, 6) is 0. The molecule has 0 aliphatic rings. The average Bonchev–Trinajstić information content (AvgIpc) is 3.18. The maximum atomic E-state index is 14.6. The summed E-state index contributed by atoms with van der Waals surface area (Å²) in [6.45, 7) is 26.6. The topological polar surface area (TPSA) is 150 Å². The first-order chi connectivity index (χ1) is 31.6. The molecule has 0 heterocycles. The normalized spacial score (nSPS) is 13.0. The summed E-state index contributed by atoms with van der Waals surface area (Å²) in [6.07, 6.45) is 4.85. The predicted molar refractivity (Wildman–Crippen MR) is 277 cm³/mol. The van der Waals surface area contributed by atoms with Gasteiger partial charge in [-0.2, -0.15) is 17.2 Å². The first kappa shape index (κ1) is 56.8. The Bertz CT molecular complexity index is 2860. The number of sulfonamides is 4. The maximum absolute atomic E-state index is 14.6. The number of unbranched alkanes of at least 4 members (excludes halogenated alkanes) is 2. The molecule has 68 heavy (non-hydrogen) atoms. The summed E-state index contributed by atoms with van der Waals surface area (Å²) >= 11 is 0. The van der Waals surface area contributed by atoms with Gasteiger partial charge in [-0.25, -0.2) is 33.7 Å². The Labute approximate surface area is 410 Å². The molecule has 0 fully saturated rings. The van der Waals surface area contributed by atoms with Gasteiger partial charge >= 0.3 is 0 Å². The number of nitrogens with zero attached hydrogens (tertiary/aromatic N) is 4. The Morgan fingerprint density at radius 1 is 0.324 bits per heavy atom. The highest BCUT2D eigenvalue weighted by atomic mass is 32.2. The summed E-state index contributed by atoms with van der Waals surface area (Å²) in [6, 6.07) is 14.8. The molecule has 0 saturated heterocycles. The number of hydrogen-bond acceptors (Lipinski definition) is 8. The zero-order valence-electron chi connectivity index (χ0n) is 42.9. The zero-order chi connectivity index (χ0) is 51.1. The molecule has 0 atom stereocenters. The van der Waals surface area contributed by atoms with Crippen LogP contribution in [0.1, 0.15) is 106 Å². The highest BCUT2D eigenvalue weighted by molar-refractivity contribution is 7.90. The Kier molecular flexibility index (Phi) is 19.6. The molecule has 0 saturated carbocycles. The molecule has 0 aliphatic carbocycles. The van der Waals surface area contributed by atoms with Gasteiger partial charge in [-0.15, -0.1) is 0 Å². The highest BCUT2D eigenvalue weighted by Gasteiger charge is 2.32.